The summed E-state index contributed by atoms with van der Waals surface area (Å²) in [6, 6.07) is 13.0. The van der Waals surface area contributed by atoms with Gasteiger partial charge in [-0.25, -0.2) is 0 Å². The average Bonchev–Trinajstić information content (AvgIpc) is 3.30. The van der Waals surface area contributed by atoms with Gasteiger partial charge in [-0.05, 0) is 23.6 Å². The third-order valence-electron chi connectivity index (χ3n) is 3.57. The topological polar surface area (TPSA) is 73.6 Å². The predicted octanol–water partition coefficient (Wildman–Crippen LogP) is 2.86. The average molecular weight is 342 g/mol. The van der Waals surface area contributed by atoms with Crippen LogP contribution in [0.3, 0.4) is 0 Å². The van der Waals surface area contributed by atoms with Crippen molar-refractivity contribution in [2.24, 2.45) is 0 Å². The Labute approximate surface area is 142 Å². The lowest BCUT2D eigenvalue weighted by atomic mass is 10.2. The fourth-order valence-electron chi connectivity index (χ4n) is 2.37. The molecule has 1 aliphatic rings. The summed E-state index contributed by atoms with van der Waals surface area (Å²) in [4.78, 5) is 13.2. The number of hydrogen-bond donors (Lipinski definition) is 1. The van der Waals surface area contributed by atoms with Crippen molar-refractivity contribution in [2.75, 3.05) is 6.61 Å². The smallest absolute Gasteiger partial charge is 0.265 e. The van der Waals surface area contributed by atoms with Gasteiger partial charge in [0, 0.05) is 6.07 Å². The largest absolute Gasteiger partial charge is 0.485 e. The summed E-state index contributed by atoms with van der Waals surface area (Å²) in [5.74, 6) is 1.68. The van der Waals surface area contributed by atoms with Crippen LogP contribution in [0.1, 0.15) is 5.69 Å². The molecule has 1 aromatic carbocycles. The van der Waals surface area contributed by atoms with Gasteiger partial charge in [0.15, 0.2) is 17.3 Å². The standard InChI is InChI=1S/C17H14N2O4S/c20-17(15-10-21-12-4-1-2-5-13(12)22-15)18-9-11-8-14(23-19-11)16-6-3-7-24-16/h1-8,15H,9-10H2,(H,18,20)/t15-/m0/s1. The van der Waals surface area contributed by atoms with E-state index in [0.717, 1.165) is 4.88 Å². The molecule has 3 aromatic rings. The zero-order valence-electron chi connectivity index (χ0n) is 12.6. The summed E-state index contributed by atoms with van der Waals surface area (Å²) in [6.07, 6.45) is -0.677. The molecule has 0 bridgehead atoms. The number of amides is 1. The second-order valence-electron chi connectivity index (χ2n) is 5.24. The molecule has 0 aliphatic carbocycles. The van der Waals surface area contributed by atoms with Gasteiger partial charge >= 0.3 is 0 Å². The van der Waals surface area contributed by atoms with E-state index in [2.05, 4.69) is 10.5 Å². The molecule has 7 heteroatoms. The SMILES string of the molecule is O=C(NCc1cc(-c2cccs2)on1)[C@@H]1COc2ccccc2O1. The molecule has 2 aromatic heterocycles. The van der Waals surface area contributed by atoms with E-state index < -0.39 is 6.10 Å². The van der Waals surface area contributed by atoms with E-state index in [1.54, 1.807) is 17.4 Å². The molecule has 0 radical (unpaired) electrons. The van der Waals surface area contributed by atoms with Gasteiger partial charge in [0.25, 0.3) is 5.91 Å². The number of para-hydroxylation sites is 2. The zero-order chi connectivity index (χ0) is 16.4. The van der Waals surface area contributed by atoms with Crippen LogP contribution in [0.15, 0.2) is 52.4 Å². The summed E-state index contributed by atoms with van der Waals surface area (Å²) >= 11 is 1.57. The van der Waals surface area contributed by atoms with E-state index in [0.29, 0.717) is 23.0 Å². The van der Waals surface area contributed by atoms with Crippen molar-refractivity contribution in [3.63, 3.8) is 0 Å². The fourth-order valence-corrected chi connectivity index (χ4v) is 3.04. The molecule has 24 heavy (non-hydrogen) atoms. The maximum absolute atomic E-state index is 12.2. The Hall–Kier alpha value is -2.80. The van der Waals surface area contributed by atoms with Crippen LogP contribution in [0.4, 0.5) is 0 Å². The molecule has 0 spiro atoms. The van der Waals surface area contributed by atoms with Gasteiger partial charge in [0.05, 0.1) is 11.4 Å². The lowest BCUT2D eigenvalue weighted by molar-refractivity contribution is -0.130. The first-order chi connectivity index (χ1) is 11.8. The molecule has 3 heterocycles. The first-order valence-corrected chi connectivity index (χ1v) is 8.33. The number of aromatic nitrogens is 1. The van der Waals surface area contributed by atoms with Crippen LogP contribution in [0.25, 0.3) is 10.6 Å². The Balaban J connectivity index is 1.36. The Morgan fingerprint density at radius 3 is 2.96 bits per heavy atom. The van der Waals surface area contributed by atoms with Crippen LogP contribution >= 0.6 is 11.3 Å². The maximum atomic E-state index is 12.2. The van der Waals surface area contributed by atoms with Crippen molar-refractivity contribution in [3.8, 4) is 22.1 Å². The lowest BCUT2D eigenvalue weighted by Crippen LogP contribution is -2.43. The number of carbonyl (C=O) groups is 1. The molecule has 1 N–H and O–H groups in total. The first kappa shape index (κ1) is 14.8. The van der Waals surface area contributed by atoms with E-state index in [1.807, 2.05) is 41.8 Å². The Bertz CT molecular complexity index is 844. The Morgan fingerprint density at radius 1 is 1.25 bits per heavy atom. The molecule has 0 saturated carbocycles. The quantitative estimate of drug-likeness (QED) is 0.789. The van der Waals surface area contributed by atoms with Crippen molar-refractivity contribution >= 4 is 17.2 Å². The van der Waals surface area contributed by atoms with Gasteiger partial charge < -0.3 is 19.3 Å². The fraction of sp³-hybridized carbons (Fsp3) is 0.176. The Kier molecular flexibility index (Phi) is 3.92. The number of benzene rings is 1. The van der Waals surface area contributed by atoms with Crippen LogP contribution in [-0.2, 0) is 11.3 Å². The molecular weight excluding hydrogens is 328 g/mol. The van der Waals surface area contributed by atoms with Crippen LogP contribution in [0, 0.1) is 0 Å². The minimum atomic E-state index is -0.677. The number of carbonyl (C=O) groups excluding carboxylic acids is 1. The van der Waals surface area contributed by atoms with Gasteiger partial charge in [-0.3, -0.25) is 4.79 Å². The molecule has 0 unspecified atom stereocenters. The van der Waals surface area contributed by atoms with Crippen molar-refractivity contribution in [2.45, 2.75) is 12.6 Å². The third-order valence-corrected chi connectivity index (χ3v) is 4.45. The van der Waals surface area contributed by atoms with E-state index in [9.17, 15) is 4.79 Å². The normalized spacial score (nSPS) is 15.9. The summed E-state index contributed by atoms with van der Waals surface area (Å²) in [7, 11) is 0. The summed E-state index contributed by atoms with van der Waals surface area (Å²) in [5.41, 5.74) is 0.656. The van der Waals surface area contributed by atoms with Gasteiger partial charge in [0.1, 0.15) is 12.3 Å². The second kappa shape index (κ2) is 6.37. The van der Waals surface area contributed by atoms with Crippen LogP contribution < -0.4 is 14.8 Å². The van der Waals surface area contributed by atoms with Crippen LogP contribution in [0.2, 0.25) is 0 Å². The van der Waals surface area contributed by atoms with E-state index in [4.69, 9.17) is 14.0 Å². The van der Waals surface area contributed by atoms with Gasteiger partial charge in [-0.1, -0.05) is 23.4 Å². The van der Waals surface area contributed by atoms with Gasteiger partial charge in [-0.15, -0.1) is 11.3 Å². The highest BCUT2D eigenvalue weighted by Gasteiger charge is 2.27. The van der Waals surface area contributed by atoms with Crippen LogP contribution in [0.5, 0.6) is 11.5 Å². The number of nitrogens with one attached hydrogen (secondary N) is 1. The maximum Gasteiger partial charge on any atom is 0.265 e. The minimum absolute atomic E-state index is 0.183. The molecule has 122 valence electrons. The summed E-state index contributed by atoms with van der Waals surface area (Å²) in [5, 5.41) is 8.73. The minimum Gasteiger partial charge on any atom is -0.485 e. The molecule has 1 amide bonds. The predicted molar refractivity (Wildman–Crippen MR) is 88.0 cm³/mol. The van der Waals surface area contributed by atoms with Crippen molar-refractivity contribution < 1.29 is 18.8 Å². The molecule has 0 saturated heterocycles. The number of fused-ring (bicyclic) bond motifs is 1. The molecular formula is C17H14N2O4S. The number of ether oxygens (including phenoxy) is 2. The molecule has 6 nitrogen and oxygen atoms in total. The highest BCUT2D eigenvalue weighted by molar-refractivity contribution is 7.13. The van der Waals surface area contributed by atoms with E-state index in [-0.39, 0.29) is 19.1 Å². The number of hydrogen-bond acceptors (Lipinski definition) is 6. The second-order valence-corrected chi connectivity index (χ2v) is 6.19. The first-order valence-electron chi connectivity index (χ1n) is 7.45. The molecule has 1 atom stereocenters. The molecule has 4 rings (SSSR count). The number of rotatable bonds is 4. The molecule has 0 fully saturated rings. The van der Waals surface area contributed by atoms with Crippen molar-refractivity contribution in [1.82, 2.24) is 10.5 Å². The Morgan fingerprint density at radius 2 is 2.12 bits per heavy atom. The number of thiophene rings is 1. The summed E-state index contributed by atoms with van der Waals surface area (Å²) in [6.45, 7) is 0.456. The van der Waals surface area contributed by atoms with Gasteiger partial charge in [-0.2, -0.15) is 0 Å². The zero-order valence-corrected chi connectivity index (χ0v) is 13.4. The van der Waals surface area contributed by atoms with Crippen molar-refractivity contribution in [1.29, 1.82) is 0 Å². The van der Waals surface area contributed by atoms with Gasteiger partial charge in [0.2, 0.25) is 6.10 Å². The monoisotopic (exact) mass is 342 g/mol. The third kappa shape index (κ3) is 2.98. The molecule has 1 aliphatic heterocycles. The highest BCUT2D eigenvalue weighted by Crippen LogP contribution is 2.31. The number of nitrogens with zero attached hydrogens (tertiary/aromatic N) is 1. The highest BCUT2D eigenvalue weighted by atomic mass is 32.1. The van der Waals surface area contributed by atoms with Crippen molar-refractivity contribution in [3.05, 3.63) is 53.5 Å². The lowest BCUT2D eigenvalue weighted by Gasteiger charge is -2.25. The van der Waals surface area contributed by atoms with E-state index in [1.165, 1.54) is 0 Å². The summed E-state index contributed by atoms with van der Waals surface area (Å²) < 4.78 is 16.5. The van der Waals surface area contributed by atoms with Crippen LogP contribution in [-0.4, -0.2) is 23.8 Å². The van der Waals surface area contributed by atoms with E-state index >= 15 is 0 Å².